The summed E-state index contributed by atoms with van der Waals surface area (Å²) in [6, 6.07) is 8.88. The lowest BCUT2D eigenvalue weighted by Crippen LogP contribution is -2.23. The van der Waals surface area contributed by atoms with Crippen molar-refractivity contribution < 1.29 is 8.42 Å². The molecule has 0 amide bonds. The molecule has 1 heterocycles. The van der Waals surface area contributed by atoms with Gasteiger partial charge in [-0.05, 0) is 37.6 Å². The van der Waals surface area contributed by atoms with Crippen LogP contribution >= 0.6 is 11.3 Å². The smallest absolute Gasteiger partial charge is 0.242 e. The Bertz CT molecular complexity index is 686. The van der Waals surface area contributed by atoms with Crippen molar-refractivity contribution in [3.63, 3.8) is 0 Å². The molecule has 1 aromatic carbocycles. The molecule has 0 saturated carbocycles. The molecule has 0 aliphatic rings. The molecule has 0 bridgehead atoms. The molecule has 0 unspecified atom stereocenters. The Morgan fingerprint density at radius 2 is 1.90 bits per heavy atom. The Morgan fingerprint density at radius 1 is 1.20 bits per heavy atom. The predicted molar refractivity (Wildman–Crippen MR) is 83.8 cm³/mol. The summed E-state index contributed by atoms with van der Waals surface area (Å²) in [6.45, 7) is 4.38. The van der Waals surface area contributed by atoms with Crippen LogP contribution in [0.15, 0.2) is 35.2 Å². The molecular weight excluding hydrogens is 292 g/mol. The Balaban J connectivity index is 2.19. The Kier molecular flexibility index (Phi) is 4.47. The van der Waals surface area contributed by atoms with Gasteiger partial charge in [0.05, 0.1) is 5.69 Å². The molecule has 0 fully saturated rings. The number of benzene rings is 1. The molecule has 2 N–H and O–H groups in total. The van der Waals surface area contributed by atoms with Crippen LogP contribution in [0.1, 0.15) is 15.3 Å². The third-order valence-electron chi connectivity index (χ3n) is 3.10. The minimum absolute atomic E-state index is 0.271. The first kappa shape index (κ1) is 15.0. The first-order chi connectivity index (χ1) is 9.44. The molecule has 4 nitrogen and oxygen atoms in total. The molecule has 0 saturated heterocycles. The lowest BCUT2D eigenvalue weighted by atomic mass is 10.3. The summed E-state index contributed by atoms with van der Waals surface area (Å²) in [5.41, 5.74) is 1.79. The van der Waals surface area contributed by atoms with Crippen LogP contribution in [-0.4, -0.2) is 15.5 Å². The van der Waals surface area contributed by atoms with Gasteiger partial charge >= 0.3 is 0 Å². The zero-order valence-electron chi connectivity index (χ0n) is 11.7. The zero-order chi connectivity index (χ0) is 14.8. The van der Waals surface area contributed by atoms with Crippen LogP contribution in [0.5, 0.6) is 0 Å². The number of thiophene rings is 1. The highest BCUT2D eigenvalue weighted by Gasteiger charge is 2.17. The summed E-state index contributed by atoms with van der Waals surface area (Å²) in [6.07, 6.45) is 0. The summed E-state index contributed by atoms with van der Waals surface area (Å²) in [4.78, 5) is 2.51. The molecule has 2 rings (SSSR count). The fourth-order valence-electron chi connectivity index (χ4n) is 1.89. The molecular formula is C14H18N2O2S2. The first-order valence-corrected chi connectivity index (χ1v) is 8.56. The SMILES string of the molecule is CNc1ccccc1S(=O)(=O)NCc1cc(C)c(C)s1. The van der Waals surface area contributed by atoms with E-state index in [4.69, 9.17) is 0 Å². The third-order valence-corrected chi connectivity index (χ3v) is 5.71. The highest BCUT2D eigenvalue weighted by Crippen LogP contribution is 2.23. The van der Waals surface area contributed by atoms with Crippen molar-refractivity contribution in [3.05, 3.63) is 45.6 Å². The van der Waals surface area contributed by atoms with Gasteiger partial charge in [-0.3, -0.25) is 0 Å². The van der Waals surface area contributed by atoms with Crippen LogP contribution in [0.25, 0.3) is 0 Å². The second-order valence-electron chi connectivity index (χ2n) is 4.52. The van der Waals surface area contributed by atoms with Gasteiger partial charge in [0.1, 0.15) is 4.90 Å². The third kappa shape index (κ3) is 3.20. The van der Waals surface area contributed by atoms with Gasteiger partial charge in [-0.1, -0.05) is 12.1 Å². The lowest BCUT2D eigenvalue weighted by molar-refractivity contribution is 0.582. The summed E-state index contributed by atoms with van der Waals surface area (Å²) in [7, 11) is -1.80. The van der Waals surface area contributed by atoms with Crippen LogP contribution in [0.2, 0.25) is 0 Å². The summed E-state index contributed by atoms with van der Waals surface area (Å²) >= 11 is 1.62. The number of rotatable bonds is 5. The largest absolute Gasteiger partial charge is 0.387 e. The van der Waals surface area contributed by atoms with Crippen molar-refractivity contribution in [1.82, 2.24) is 4.72 Å². The van der Waals surface area contributed by atoms with Gasteiger partial charge in [-0.2, -0.15) is 0 Å². The molecule has 108 valence electrons. The van der Waals surface area contributed by atoms with E-state index in [1.165, 1.54) is 10.4 Å². The minimum atomic E-state index is -3.51. The van der Waals surface area contributed by atoms with E-state index in [0.717, 1.165) is 4.88 Å². The van der Waals surface area contributed by atoms with Gasteiger partial charge in [0.15, 0.2) is 0 Å². The minimum Gasteiger partial charge on any atom is -0.387 e. The maximum absolute atomic E-state index is 12.3. The van der Waals surface area contributed by atoms with E-state index in [0.29, 0.717) is 12.2 Å². The van der Waals surface area contributed by atoms with Crippen molar-refractivity contribution in [3.8, 4) is 0 Å². The number of aryl methyl sites for hydroxylation is 2. The Morgan fingerprint density at radius 3 is 2.50 bits per heavy atom. The molecule has 0 radical (unpaired) electrons. The van der Waals surface area contributed by atoms with E-state index in [9.17, 15) is 8.42 Å². The lowest BCUT2D eigenvalue weighted by Gasteiger charge is -2.10. The summed E-state index contributed by atoms with van der Waals surface area (Å²) in [5, 5.41) is 2.90. The molecule has 0 aliphatic heterocycles. The van der Waals surface area contributed by atoms with Crippen molar-refractivity contribution in [1.29, 1.82) is 0 Å². The number of hydrogen-bond acceptors (Lipinski definition) is 4. The first-order valence-electron chi connectivity index (χ1n) is 6.26. The average molecular weight is 310 g/mol. The van der Waals surface area contributed by atoms with Crippen molar-refractivity contribution in [2.24, 2.45) is 0 Å². The molecule has 20 heavy (non-hydrogen) atoms. The fourth-order valence-corrected chi connectivity index (χ4v) is 4.19. The van der Waals surface area contributed by atoms with E-state index in [2.05, 4.69) is 10.0 Å². The van der Waals surface area contributed by atoms with Gasteiger partial charge in [-0.25, -0.2) is 13.1 Å². The van der Waals surface area contributed by atoms with Crippen molar-refractivity contribution >= 4 is 27.0 Å². The van der Waals surface area contributed by atoms with E-state index in [-0.39, 0.29) is 4.90 Å². The second kappa shape index (κ2) is 5.95. The maximum atomic E-state index is 12.3. The molecule has 1 aromatic heterocycles. The molecule has 2 aromatic rings. The van der Waals surface area contributed by atoms with Gasteiger partial charge in [0, 0.05) is 23.3 Å². The number of anilines is 1. The van der Waals surface area contributed by atoms with E-state index < -0.39 is 10.0 Å². The van der Waals surface area contributed by atoms with E-state index in [1.807, 2.05) is 19.9 Å². The quantitative estimate of drug-likeness (QED) is 0.893. The van der Waals surface area contributed by atoms with Gasteiger partial charge < -0.3 is 5.32 Å². The fraction of sp³-hybridized carbons (Fsp3) is 0.286. The Hall–Kier alpha value is -1.37. The normalized spacial score (nSPS) is 11.6. The van der Waals surface area contributed by atoms with Gasteiger partial charge in [-0.15, -0.1) is 11.3 Å². The number of nitrogens with one attached hydrogen (secondary N) is 2. The molecule has 0 spiro atoms. The van der Waals surface area contributed by atoms with Gasteiger partial charge in [0.25, 0.3) is 0 Å². The topological polar surface area (TPSA) is 58.2 Å². The number of hydrogen-bond donors (Lipinski definition) is 2. The summed E-state index contributed by atoms with van der Waals surface area (Å²) in [5.74, 6) is 0. The number of para-hydroxylation sites is 1. The number of sulfonamides is 1. The Labute approximate surface area is 123 Å². The van der Waals surface area contributed by atoms with Crippen LogP contribution < -0.4 is 10.0 Å². The molecule has 0 atom stereocenters. The van der Waals surface area contributed by atoms with E-state index >= 15 is 0 Å². The highest BCUT2D eigenvalue weighted by molar-refractivity contribution is 7.89. The molecule has 6 heteroatoms. The van der Waals surface area contributed by atoms with Crippen molar-refractivity contribution in [2.45, 2.75) is 25.3 Å². The average Bonchev–Trinajstić information content (AvgIpc) is 2.76. The monoisotopic (exact) mass is 310 g/mol. The second-order valence-corrected chi connectivity index (χ2v) is 7.60. The van der Waals surface area contributed by atoms with Crippen molar-refractivity contribution in [2.75, 3.05) is 12.4 Å². The highest BCUT2D eigenvalue weighted by atomic mass is 32.2. The molecule has 0 aliphatic carbocycles. The van der Waals surface area contributed by atoms with Crippen LogP contribution in [0.4, 0.5) is 5.69 Å². The van der Waals surface area contributed by atoms with Gasteiger partial charge in [0.2, 0.25) is 10.0 Å². The summed E-state index contributed by atoms with van der Waals surface area (Å²) < 4.78 is 27.3. The predicted octanol–water partition coefficient (Wildman–Crippen LogP) is 2.89. The van der Waals surface area contributed by atoms with Crippen LogP contribution in [0.3, 0.4) is 0 Å². The van der Waals surface area contributed by atoms with Crippen LogP contribution in [0, 0.1) is 13.8 Å². The standard InChI is InChI=1S/C14H18N2O2S2/c1-10-8-12(19-11(10)2)9-16-20(17,18)14-7-5-4-6-13(14)15-3/h4-8,15-16H,9H2,1-3H3. The maximum Gasteiger partial charge on any atom is 0.242 e. The van der Waals surface area contributed by atoms with E-state index in [1.54, 1.807) is 42.6 Å². The van der Waals surface area contributed by atoms with Crippen LogP contribution in [-0.2, 0) is 16.6 Å². The zero-order valence-corrected chi connectivity index (χ0v) is 13.4.